The van der Waals surface area contributed by atoms with E-state index in [0.29, 0.717) is 19.4 Å². The Morgan fingerprint density at radius 1 is 1.14 bits per heavy atom. The summed E-state index contributed by atoms with van der Waals surface area (Å²) in [5, 5.41) is 9.41. The number of benzene rings is 2. The van der Waals surface area contributed by atoms with Gasteiger partial charge in [-0.25, -0.2) is 13.2 Å². The van der Waals surface area contributed by atoms with Gasteiger partial charge in [-0.05, 0) is 43.9 Å². The number of likely N-dealkylation sites (tertiary alicyclic amines) is 1. The Labute approximate surface area is 170 Å². The molecule has 0 aromatic heterocycles. The van der Waals surface area contributed by atoms with Crippen molar-refractivity contribution in [2.24, 2.45) is 0 Å². The number of carboxylic acid groups (broad SMARTS) is 1. The van der Waals surface area contributed by atoms with Gasteiger partial charge < -0.3 is 10.0 Å². The first-order valence-electron chi connectivity index (χ1n) is 9.44. The zero-order chi connectivity index (χ0) is 21.0. The van der Waals surface area contributed by atoms with E-state index in [0.717, 1.165) is 11.1 Å². The molecule has 1 aliphatic heterocycles. The second-order valence-electron chi connectivity index (χ2n) is 7.20. The highest BCUT2D eigenvalue weighted by atomic mass is 32.2. The molecule has 1 fully saturated rings. The van der Waals surface area contributed by atoms with E-state index < -0.39 is 34.0 Å². The van der Waals surface area contributed by atoms with E-state index in [9.17, 15) is 23.1 Å². The van der Waals surface area contributed by atoms with E-state index in [2.05, 4.69) is 4.72 Å². The first kappa shape index (κ1) is 21.0. The topological polar surface area (TPSA) is 104 Å². The summed E-state index contributed by atoms with van der Waals surface area (Å²) in [6.45, 7) is 2.15. The molecule has 0 spiro atoms. The molecule has 3 rings (SSSR count). The maximum atomic E-state index is 13.2. The molecule has 2 atom stereocenters. The van der Waals surface area contributed by atoms with Crippen molar-refractivity contribution in [3.8, 4) is 0 Å². The smallest absolute Gasteiger partial charge is 0.326 e. The molecule has 0 aliphatic carbocycles. The summed E-state index contributed by atoms with van der Waals surface area (Å²) in [6, 6.07) is 13.4. The van der Waals surface area contributed by atoms with Gasteiger partial charge in [0.1, 0.15) is 12.1 Å². The zero-order valence-electron chi connectivity index (χ0n) is 16.1. The Morgan fingerprint density at radius 2 is 1.79 bits per heavy atom. The van der Waals surface area contributed by atoms with Crippen molar-refractivity contribution in [3.05, 3.63) is 65.7 Å². The van der Waals surface area contributed by atoms with E-state index in [1.54, 1.807) is 36.4 Å². The molecule has 154 valence electrons. The minimum absolute atomic E-state index is 0.0603. The van der Waals surface area contributed by atoms with Crippen LogP contribution in [-0.4, -0.2) is 48.9 Å². The Morgan fingerprint density at radius 3 is 2.41 bits per heavy atom. The molecule has 1 unspecified atom stereocenters. The van der Waals surface area contributed by atoms with Gasteiger partial charge in [0, 0.05) is 6.54 Å². The summed E-state index contributed by atoms with van der Waals surface area (Å²) >= 11 is 0. The van der Waals surface area contributed by atoms with Gasteiger partial charge in [0.2, 0.25) is 15.9 Å². The second kappa shape index (κ2) is 8.75. The van der Waals surface area contributed by atoms with Crippen molar-refractivity contribution in [3.63, 3.8) is 0 Å². The normalized spacial score (nSPS) is 17.8. The fourth-order valence-electron chi connectivity index (χ4n) is 3.49. The number of carbonyl (C=O) groups is 2. The van der Waals surface area contributed by atoms with Gasteiger partial charge in [-0.1, -0.05) is 48.0 Å². The largest absolute Gasteiger partial charge is 0.480 e. The summed E-state index contributed by atoms with van der Waals surface area (Å²) in [6.07, 6.45) is 1.07. The summed E-state index contributed by atoms with van der Waals surface area (Å²) in [4.78, 5) is 26.0. The van der Waals surface area contributed by atoms with Crippen LogP contribution < -0.4 is 4.72 Å². The molecule has 2 aromatic carbocycles. The average molecular weight is 416 g/mol. The number of carboxylic acids is 1. The molecule has 0 bridgehead atoms. The van der Waals surface area contributed by atoms with E-state index in [1.807, 2.05) is 13.0 Å². The third kappa shape index (κ3) is 5.02. The maximum Gasteiger partial charge on any atom is 0.326 e. The number of carbonyl (C=O) groups excluding carboxylic acids is 1. The number of hydrogen-bond acceptors (Lipinski definition) is 4. The van der Waals surface area contributed by atoms with Crippen molar-refractivity contribution in [1.29, 1.82) is 0 Å². The monoisotopic (exact) mass is 416 g/mol. The number of nitrogens with zero attached hydrogens (tertiary/aromatic N) is 1. The van der Waals surface area contributed by atoms with Gasteiger partial charge >= 0.3 is 5.97 Å². The molecule has 1 aliphatic rings. The molecule has 2 aromatic rings. The van der Waals surface area contributed by atoms with Crippen LogP contribution in [0.1, 0.15) is 24.0 Å². The molecular formula is C21H24N2O5S. The minimum Gasteiger partial charge on any atom is -0.480 e. The van der Waals surface area contributed by atoms with Gasteiger partial charge in [0.05, 0.1) is 4.90 Å². The van der Waals surface area contributed by atoms with Crippen LogP contribution in [0.15, 0.2) is 59.5 Å². The molecule has 1 heterocycles. The molecule has 8 heteroatoms. The van der Waals surface area contributed by atoms with Gasteiger partial charge in [0.25, 0.3) is 0 Å². The SMILES string of the molecule is Cc1ccc(S(=O)(=O)NC(Cc2ccccc2)C(=O)N2CCC[C@@H]2C(=O)O)cc1. The molecular weight excluding hydrogens is 392 g/mol. The van der Waals surface area contributed by atoms with Crippen LogP contribution in [0.2, 0.25) is 0 Å². The van der Waals surface area contributed by atoms with E-state index >= 15 is 0 Å². The van der Waals surface area contributed by atoms with Crippen LogP contribution in [0.25, 0.3) is 0 Å². The Bertz CT molecular complexity index is 974. The predicted octanol–water partition coefficient (Wildman–Crippen LogP) is 1.96. The predicted molar refractivity (Wildman–Crippen MR) is 108 cm³/mol. The van der Waals surface area contributed by atoms with Gasteiger partial charge in [-0.3, -0.25) is 4.79 Å². The van der Waals surface area contributed by atoms with Crippen molar-refractivity contribution in [2.75, 3.05) is 6.54 Å². The number of nitrogens with one attached hydrogen (secondary N) is 1. The van der Waals surface area contributed by atoms with E-state index in [-0.39, 0.29) is 11.3 Å². The Balaban J connectivity index is 1.89. The lowest BCUT2D eigenvalue weighted by Crippen LogP contribution is -2.52. The van der Waals surface area contributed by atoms with Crippen LogP contribution in [0.3, 0.4) is 0 Å². The highest BCUT2D eigenvalue weighted by Gasteiger charge is 2.38. The van der Waals surface area contributed by atoms with Crippen LogP contribution in [0.4, 0.5) is 0 Å². The Hall–Kier alpha value is -2.71. The summed E-state index contributed by atoms with van der Waals surface area (Å²) in [5.41, 5.74) is 1.70. The van der Waals surface area contributed by atoms with Crippen molar-refractivity contribution < 1.29 is 23.1 Å². The van der Waals surface area contributed by atoms with Crippen molar-refractivity contribution >= 4 is 21.9 Å². The summed E-state index contributed by atoms with van der Waals surface area (Å²) in [7, 11) is -3.95. The van der Waals surface area contributed by atoms with Gasteiger partial charge in [0.15, 0.2) is 0 Å². The second-order valence-corrected chi connectivity index (χ2v) is 8.92. The lowest BCUT2D eigenvalue weighted by molar-refractivity contribution is -0.148. The first-order valence-corrected chi connectivity index (χ1v) is 10.9. The molecule has 7 nitrogen and oxygen atoms in total. The van der Waals surface area contributed by atoms with Crippen LogP contribution in [0.5, 0.6) is 0 Å². The molecule has 1 amide bonds. The highest BCUT2D eigenvalue weighted by molar-refractivity contribution is 7.89. The fraction of sp³-hybridized carbons (Fsp3) is 0.333. The van der Waals surface area contributed by atoms with Crippen LogP contribution in [-0.2, 0) is 26.0 Å². The number of sulfonamides is 1. The highest BCUT2D eigenvalue weighted by Crippen LogP contribution is 2.21. The van der Waals surface area contributed by atoms with Crippen molar-refractivity contribution in [2.45, 2.75) is 43.2 Å². The number of rotatable bonds is 7. The first-order chi connectivity index (χ1) is 13.8. The third-order valence-electron chi connectivity index (χ3n) is 5.03. The molecule has 2 N–H and O–H groups in total. The van der Waals surface area contributed by atoms with Crippen LogP contribution >= 0.6 is 0 Å². The lowest BCUT2D eigenvalue weighted by atomic mass is 10.1. The molecule has 1 saturated heterocycles. The standard InChI is InChI=1S/C21H24N2O5S/c1-15-9-11-17(12-10-15)29(27,28)22-18(14-16-6-3-2-4-7-16)20(24)23-13-5-8-19(23)21(25)26/h2-4,6-7,9-12,18-19,22H,5,8,13-14H2,1H3,(H,25,26)/t18?,19-/m1/s1. The zero-order valence-corrected chi connectivity index (χ0v) is 16.9. The summed E-state index contributed by atoms with van der Waals surface area (Å²) in [5.74, 6) is -1.59. The number of hydrogen-bond donors (Lipinski definition) is 2. The van der Waals surface area contributed by atoms with Gasteiger partial charge in [-0.15, -0.1) is 0 Å². The molecule has 0 saturated carbocycles. The summed E-state index contributed by atoms with van der Waals surface area (Å²) < 4.78 is 28.3. The van der Waals surface area contributed by atoms with Crippen molar-refractivity contribution in [1.82, 2.24) is 9.62 Å². The molecule has 29 heavy (non-hydrogen) atoms. The number of aliphatic carboxylic acids is 1. The van der Waals surface area contributed by atoms with Gasteiger partial charge in [-0.2, -0.15) is 4.72 Å². The Kier molecular flexibility index (Phi) is 6.34. The quantitative estimate of drug-likeness (QED) is 0.718. The maximum absolute atomic E-state index is 13.2. The fourth-order valence-corrected chi connectivity index (χ4v) is 4.68. The van der Waals surface area contributed by atoms with Crippen LogP contribution in [0, 0.1) is 6.92 Å². The minimum atomic E-state index is -3.95. The number of aryl methyl sites for hydroxylation is 1. The molecule has 0 radical (unpaired) electrons. The number of amides is 1. The average Bonchev–Trinajstić information content (AvgIpc) is 3.18. The lowest BCUT2D eigenvalue weighted by Gasteiger charge is -2.27. The van der Waals surface area contributed by atoms with E-state index in [4.69, 9.17) is 0 Å². The van der Waals surface area contributed by atoms with E-state index in [1.165, 1.54) is 17.0 Å². The third-order valence-corrected chi connectivity index (χ3v) is 6.52.